The Morgan fingerprint density at radius 3 is 2.58 bits per heavy atom. The van der Waals surface area contributed by atoms with Crippen molar-refractivity contribution in [3.05, 3.63) is 35.9 Å². The lowest BCUT2D eigenvalue weighted by Crippen LogP contribution is -2.50. The molecule has 1 aromatic rings. The second-order valence-corrected chi connectivity index (χ2v) is 6.64. The number of aliphatic carboxylic acids is 1. The first kappa shape index (κ1) is 18.3. The molecular formula is C19H27NO4. The molecule has 0 saturated heterocycles. The molecule has 0 aromatic heterocycles. The van der Waals surface area contributed by atoms with Crippen molar-refractivity contribution in [2.75, 3.05) is 6.54 Å². The second-order valence-electron chi connectivity index (χ2n) is 6.64. The monoisotopic (exact) mass is 333 g/mol. The molecule has 1 aliphatic rings. The standard InChI is InChI=1S/C19H27NO4/c1-3-20(19(23)24-13-15-9-5-4-6-10-15)17(18(21)22)16-11-7-8-14(2)12-16/h4-6,9-10,14,16-17H,3,7-8,11-13H2,1-2H3,(H,21,22). The van der Waals surface area contributed by atoms with E-state index >= 15 is 0 Å². The van der Waals surface area contributed by atoms with Crippen LogP contribution < -0.4 is 0 Å². The number of ether oxygens (including phenoxy) is 1. The van der Waals surface area contributed by atoms with Crippen LogP contribution in [0, 0.1) is 11.8 Å². The lowest BCUT2D eigenvalue weighted by atomic mass is 9.78. The molecule has 1 aromatic carbocycles. The number of amides is 1. The van der Waals surface area contributed by atoms with Gasteiger partial charge < -0.3 is 9.84 Å². The zero-order chi connectivity index (χ0) is 17.5. The van der Waals surface area contributed by atoms with E-state index in [-0.39, 0.29) is 12.5 Å². The highest BCUT2D eigenvalue weighted by molar-refractivity contribution is 5.80. The minimum Gasteiger partial charge on any atom is -0.480 e. The lowest BCUT2D eigenvalue weighted by molar-refractivity contribution is -0.145. The minimum absolute atomic E-state index is 0.00419. The van der Waals surface area contributed by atoms with Crippen LogP contribution >= 0.6 is 0 Å². The SMILES string of the molecule is CCN(C(=O)OCc1ccccc1)C(C(=O)O)C1CCCC(C)C1. The first-order valence-corrected chi connectivity index (χ1v) is 8.73. The van der Waals surface area contributed by atoms with Gasteiger partial charge in [-0.3, -0.25) is 4.90 Å². The molecule has 1 N–H and O–H groups in total. The van der Waals surface area contributed by atoms with Gasteiger partial charge in [0, 0.05) is 6.54 Å². The molecule has 5 heteroatoms. The zero-order valence-corrected chi connectivity index (χ0v) is 14.5. The van der Waals surface area contributed by atoms with E-state index in [2.05, 4.69) is 6.92 Å². The molecule has 3 unspecified atom stereocenters. The summed E-state index contributed by atoms with van der Waals surface area (Å²) in [4.78, 5) is 25.7. The number of rotatable bonds is 6. The summed E-state index contributed by atoms with van der Waals surface area (Å²) in [5.74, 6) is -0.437. The van der Waals surface area contributed by atoms with Crippen molar-refractivity contribution in [1.82, 2.24) is 4.90 Å². The summed E-state index contributed by atoms with van der Waals surface area (Å²) in [6, 6.07) is 8.60. The average molecular weight is 333 g/mol. The Morgan fingerprint density at radius 2 is 2.00 bits per heavy atom. The maximum absolute atomic E-state index is 12.5. The van der Waals surface area contributed by atoms with Gasteiger partial charge in [0.05, 0.1) is 0 Å². The predicted octanol–water partition coefficient (Wildman–Crippen LogP) is 3.92. The van der Waals surface area contributed by atoms with E-state index < -0.39 is 18.1 Å². The summed E-state index contributed by atoms with van der Waals surface area (Å²) < 4.78 is 5.35. The zero-order valence-electron chi connectivity index (χ0n) is 14.5. The Kier molecular flexibility index (Phi) is 6.64. The van der Waals surface area contributed by atoms with Gasteiger partial charge in [-0.2, -0.15) is 0 Å². The third-order valence-corrected chi connectivity index (χ3v) is 4.79. The van der Waals surface area contributed by atoms with Crippen molar-refractivity contribution in [2.24, 2.45) is 11.8 Å². The van der Waals surface area contributed by atoms with Crippen molar-refractivity contribution < 1.29 is 19.4 Å². The fraction of sp³-hybridized carbons (Fsp3) is 0.579. The summed E-state index contributed by atoms with van der Waals surface area (Å²) in [7, 11) is 0. The highest BCUT2D eigenvalue weighted by atomic mass is 16.6. The molecule has 0 spiro atoms. The predicted molar refractivity (Wildman–Crippen MR) is 91.6 cm³/mol. The molecule has 24 heavy (non-hydrogen) atoms. The lowest BCUT2D eigenvalue weighted by Gasteiger charge is -2.36. The summed E-state index contributed by atoms with van der Waals surface area (Å²) in [6.07, 6.45) is 3.30. The smallest absolute Gasteiger partial charge is 0.410 e. The molecule has 1 aliphatic carbocycles. The molecule has 1 fully saturated rings. The summed E-state index contributed by atoms with van der Waals surface area (Å²) in [6.45, 7) is 4.43. The van der Waals surface area contributed by atoms with Gasteiger partial charge in [0.25, 0.3) is 0 Å². The maximum Gasteiger partial charge on any atom is 0.410 e. The first-order valence-electron chi connectivity index (χ1n) is 8.73. The van der Waals surface area contributed by atoms with Gasteiger partial charge in [0.1, 0.15) is 12.6 Å². The Bertz CT molecular complexity index is 546. The molecule has 0 aliphatic heterocycles. The third-order valence-electron chi connectivity index (χ3n) is 4.79. The van der Waals surface area contributed by atoms with Gasteiger partial charge in [0.2, 0.25) is 0 Å². The number of nitrogens with zero attached hydrogens (tertiary/aromatic N) is 1. The Balaban J connectivity index is 2.04. The number of carbonyl (C=O) groups excluding carboxylic acids is 1. The highest BCUT2D eigenvalue weighted by Gasteiger charge is 2.38. The molecule has 2 rings (SSSR count). The van der Waals surface area contributed by atoms with Crippen molar-refractivity contribution in [3.63, 3.8) is 0 Å². The number of carboxylic acids is 1. The number of hydrogen-bond acceptors (Lipinski definition) is 3. The molecule has 1 amide bonds. The maximum atomic E-state index is 12.5. The van der Waals surface area contributed by atoms with Crippen LogP contribution in [0.4, 0.5) is 4.79 Å². The van der Waals surface area contributed by atoms with E-state index in [1.807, 2.05) is 30.3 Å². The molecule has 0 bridgehead atoms. The van der Waals surface area contributed by atoms with Gasteiger partial charge >= 0.3 is 12.1 Å². The van der Waals surface area contributed by atoms with Crippen molar-refractivity contribution in [2.45, 2.75) is 52.2 Å². The van der Waals surface area contributed by atoms with Crippen molar-refractivity contribution >= 4 is 12.1 Å². The van der Waals surface area contributed by atoms with E-state index in [9.17, 15) is 14.7 Å². The number of hydrogen-bond donors (Lipinski definition) is 1. The number of carbonyl (C=O) groups is 2. The fourth-order valence-electron chi connectivity index (χ4n) is 3.60. The number of likely N-dealkylation sites (N-methyl/N-ethyl adjacent to an activating group) is 1. The van der Waals surface area contributed by atoms with E-state index in [1.165, 1.54) is 4.90 Å². The normalized spacial score (nSPS) is 21.8. The molecule has 0 radical (unpaired) electrons. The summed E-state index contributed by atoms with van der Waals surface area (Å²) in [5.41, 5.74) is 0.889. The van der Waals surface area contributed by atoms with Crippen molar-refractivity contribution in [3.8, 4) is 0 Å². The molecule has 5 nitrogen and oxygen atoms in total. The Morgan fingerprint density at radius 1 is 1.29 bits per heavy atom. The highest BCUT2D eigenvalue weighted by Crippen LogP contribution is 2.33. The quantitative estimate of drug-likeness (QED) is 0.856. The number of carboxylic acid groups (broad SMARTS) is 1. The van der Waals surface area contributed by atoms with E-state index in [0.29, 0.717) is 12.5 Å². The van der Waals surface area contributed by atoms with Gasteiger partial charge in [-0.05, 0) is 37.2 Å². The fourth-order valence-corrected chi connectivity index (χ4v) is 3.60. The van der Waals surface area contributed by atoms with Crippen LogP contribution in [0.2, 0.25) is 0 Å². The van der Waals surface area contributed by atoms with E-state index in [1.54, 1.807) is 6.92 Å². The van der Waals surface area contributed by atoms with Gasteiger partial charge in [0.15, 0.2) is 0 Å². The van der Waals surface area contributed by atoms with Gasteiger partial charge in [-0.15, -0.1) is 0 Å². The van der Waals surface area contributed by atoms with Crippen LogP contribution in [-0.4, -0.2) is 34.7 Å². The number of benzene rings is 1. The molecular weight excluding hydrogens is 306 g/mol. The largest absolute Gasteiger partial charge is 0.480 e. The van der Waals surface area contributed by atoms with Crippen LogP contribution in [0.3, 0.4) is 0 Å². The summed E-state index contributed by atoms with van der Waals surface area (Å²) in [5, 5.41) is 9.70. The molecule has 1 saturated carbocycles. The van der Waals surface area contributed by atoms with Crippen LogP contribution in [0.1, 0.15) is 45.1 Å². The minimum atomic E-state index is -0.937. The average Bonchev–Trinajstić information content (AvgIpc) is 2.58. The molecule has 0 heterocycles. The van der Waals surface area contributed by atoms with Crippen LogP contribution in [0.5, 0.6) is 0 Å². The molecule has 132 valence electrons. The van der Waals surface area contributed by atoms with Crippen LogP contribution in [-0.2, 0) is 16.1 Å². The summed E-state index contributed by atoms with van der Waals surface area (Å²) >= 11 is 0. The van der Waals surface area contributed by atoms with Gasteiger partial charge in [-0.1, -0.05) is 50.1 Å². The second kappa shape index (κ2) is 8.71. The molecule has 3 atom stereocenters. The van der Waals surface area contributed by atoms with Gasteiger partial charge in [-0.25, -0.2) is 9.59 Å². The van der Waals surface area contributed by atoms with Crippen LogP contribution in [0.15, 0.2) is 30.3 Å². The third kappa shape index (κ3) is 4.73. The Hall–Kier alpha value is -2.04. The topological polar surface area (TPSA) is 66.8 Å². The first-order chi connectivity index (χ1) is 11.5. The van der Waals surface area contributed by atoms with Crippen molar-refractivity contribution in [1.29, 1.82) is 0 Å². The Labute approximate surface area is 143 Å². The van der Waals surface area contributed by atoms with Crippen LogP contribution in [0.25, 0.3) is 0 Å². The van der Waals surface area contributed by atoms with E-state index in [4.69, 9.17) is 4.74 Å². The van der Waals surface area contributed by atoms with E-state index in [0.717, 1.165) is 31.2 Å².